The highest BCUT2D eigenvalue weighted by atomic mass is 35.5. The summed E-state index contributed by atoms with van der Waals surface area (Å²) >= 11 is 6.02. The zero-order chi connectivity index (χ0) is 21.8. The number of H-pyrrole nitrogens is 1. The fraction of sp³-hybridized carbons (Fsp3) is 0. The Morgan fingerprint density at radius 1 is 0.935 bits per heavy atom. The lowest BCUT2D eigenvalue weighted by Gasteiger charge is -2.01. The van der Waals surface area contributed by atoms with E-state index >= 15 is 0 Å². The number of nitrogens with two attached hydrogens (primary N) is 1. The molecule has 0 fully saturated rings. The van der Waals surface area contributed by atoms with E-state index in [1.54, 1.807) is 12.1 Å². The number of rotatable bonds is 6. The van der Waals surface area contributed by atoms with Gasteiger partial charge >= 0.3 is 0 Å². The molecule has 0 saturated carbocycles. The molecule has 0 atom stereocenters. The lowest BCUT2D eigenvalue weighted by molar-refractivity contribution is 0.598. The Balaban J connectivity index is 1.71. The molecule has 0 aliphatic rings. The van der Waals surface area contributed by atoms with Crippen LogP contribution in [-0.2, 0) is 10.0 Å². The minimum atomic E-state index is -3.83. The molecule has 156 valence electrons. The van der Waals surface area contributed by atoms with Crippen molar-refractivity contribution in [1.82, 2.24) is 10.4 Å². The van der Waals surface area contributed by atoms with Gasteiger partial charge in [0.25, 0.3) is 10.0 Å². The number of halogens is 1. The first-order valence-electron chi connectivity index (χ1n) is 9.11. The van der Waals surface area contributed by atoms with Crippen molar-refractivity contribution in [2.24, 2.45) is 20.5 Å². The first kappa shape index (κ1) is 20.7. The number of hydrazine groups is 1. The van der Waals surface area contributed by atoms with Gasteiger partial charge in [0.15, 0.2) is 0 Å². The van der Waals surface area contributed by atoms with Gasteiger partial charge in [-0.2, -0.15) is 13.5 Å². The van der Waals surface area contributed by atoms with Crippen LogP contribution < -0.4 is 11.3 Å². The van der Waals surface area contributed by atoms with E-state index in [2.05, 4.69) is 25.0 Å². The van der Waals surface area contributed by atoms with Crippen LogP contribution in [-0.4, -0.2) is 19.7 Å². The van der Waals surface area contributed by atoms with Gasteiger partial charge in [-0.05, 0) is 42.5 Å². The van der Waals surface area contributed by atoms with Crippen molar-refractivity contribution in [3.8, 4) is 11.3 Å². The maximum Gasteiger partial charge on any atom is 0.283 e. The summed E-state index contributed by atoms with van der Waals surface area (Å²) in [5, 5.41) is 10.3. The van der Waals surface area contributed by atoms with Crippen LogP contribution in [0, 0.1) is 0 Å². The highest BCUT2D eigenvalue weighted by Gasteiger charge is 2.14. The van der Waals surface area contributed by atoms with Gasteiger partial charge in [-0.25, -0.2) is 5.84 Å². The van der Waals surface area contributed by atoms with E-state index in [4.69, 9.17) is 17.4 Å². The molecule has 4 N–H and O–H groups in total. The van der Waals surface area contributed by atoms with Gasteiger partial charge < -0.3 is 10.4 Å². The molecule has 1 aromatic heterocycles. The number of fused-ring (bicyclic) bond motifs is 1. The average Bonchev–Trinajstić information content (AvgIpc) is 3.15. The monoisotopic (exact) mass is 452 g/mol. The molecular weight excluding hydrogens is 436 g/mol. The van der Waals surface area contributed by atoms with E-state index in [9.17, 15) is 8.42 Å². The Labute approximate surface area is 183 Å². The normalized spacial score (nSPS) is 12.2. The Morgan fingerprint density at radius 3 is 2.35 bits per heavy atom. The summed E-state index contributed by atoms with van der Waals surface area (Å²) in [5.74, 6) is 5.02. The van der Waals surface area contributed by atoms with Crippen LogP contribution in [0.5, 0.6) is 0 Å². The molecule has 31 heavy (non-hydrogen) atoms. The lowest BCUT2D eigenvalue weighted by atomic mass is 10.1. The number of nitrogens with zero attached hydrogens (tertiary/aromatic N) is 3. The summed E-state index contributed by atoms with van der Waals surface area (Å²) < 4.78 is 27.5. The summed E-state index contributed by atoms with van der Waals surface area (Å²) in [7, 11) is -3.83. The van der Waals surface area contributed by atoms with Crippen LogP contribution in [0.4, 0.5) is 11.4 Å². The third-order valence-electron chi connectivity index (χ3n) is 4.48. The zero-order valence-electron chi connectivity index (χ0n) is 16.0. The molecular formula is C21H17ClN6O2S. The van der Waals surface area contributed by atoms with Crippen LogP contribution in [0.2, 0.25) is 5.02 Å². The van der Waals surface area contributed by atoms with Crippen LogP contribution in [0.25, 0.3) is 22.2 Å². The molecule has 4 rings (SSSR count). The van der Waals surface area contributed by atoms with Crippen molar-refractivity contribution >= 4 is 50.2 Å². The van der Waals surface area contributed by atoms with Crippen molar-refractivity contribution in [2.45, 2.75) is 4.90 Å². The standard InChI is InChI=1S/C21H17ClN6O2S/c22-15-7-5-14(6-8-15)20-21(18-3-1-2-4-19(18)26-20)28-27-16-9-11-17(12-10-16)31(29,30)25-13-24-23/h1-13,26H,23H2,(H,24,25). The maximum atomic E-state index is 12.1. The first-order chi connectivity index (χ1) is 15.0. The van der Waals surface area contributed by atoms with Gasteiger partial charge in [0.1, 0.15) is 12.0 Å². The van der Waals surface area contributed by atoms with Crippen LogP contribution in [0.3, 0.4) is 0 Å². The molecule has 10 heteroatoms. The molecule has 0 aliphatic carbocycles. The maximum absolute atomic E-state index is 12.1. The number of para-hydroxylation sites is 1. The van der Waals surface area contributed by atoms with Crippen molar-refractivity contribution in [3.63, 3.8) is 0 Å². The van der Waals surface area contributed by atoms with Crippen molar-refractivity contribution in [3.05, 3.63) is 77.8 Å². The molecule has 0 unspecified atom stereocenters. The molecule has 0 radical (unpaired) electrons. The molecule has 1 heterocycles. The van der Waals surface area contributed by atoms with Crippen molar-refractivity contribution in [2.75, 3.05) is 0 Å². The fourth-order valence-electron chi connectivity index (χ4n) is 3.01. The number of sulfonamides is 1. The van der Waals surface area contributed by atoms with E-state index in [0.717, 1.165) is 28.5 Å². The second-order valence-corrected chi connectivity index (χ2v) is 8.54. The molecule has 0 aliphatic heterocycles. The first-order valence-corrected chi connectivity index (χ1v) is 10.9. The lowest BCUT2D eigenvalue weighted by Crippen LogP contribution is -2.20. The van der Waals surface area contributed by atoms with E-state index in [-0.39, 0.29) is 4.90 Å². The van der Waals surface area contributed by atoms with Crippen LogP contribution in [0.1, 0.15) is 0 Å². The summed E-state index contributed by atoms with van der Waals surface area (Å²) in [6.07, 6.45) is 0.901. The zero-order valence-corrected chi connectivity index (χ0v) is 17.6. The number of azo groups is 1. The predicted octanol–water partition coefficient (Wildman–Crippen LogP) is 5.08. The van der Waals surface area contributed by atoms with E-state index in [0.29, 0.717) is 16.4 Å². The smallest absolute Gasteiger partial charge is 0.283 e. The number of benzene rings is 3. The van der Waals surface area contributed by atoms with Crippen LogP contribution in [0.15, 0.2) is 92.3 Å². The SMILES string of the molecule is NN/C=N/S(=O)(=O)c1ccc(N=Nc2c(-c3ccc(Cl)cc3)[nH]c3ccccc23)cc1. The summed E-state index contributed by atoms with van der Waals surface area (Å²) in [6, 6.07) is 21.1. The second kappa shape index (κ2) is 8.68. The highest BCUT2D eigenvalue weighted by molar-refractivity contribution is 7.90. The molecule has 4 aromatic rings. The van der Waals surface area contributed by atoms with Gasteiger partial charge in [-0.3, -0.25) is 0 Å². The van der Waals surface area contributed by atoms with Crippen molar-refractivity contribution < 1.29 is 8.42 Å². The highest BCUT2D eigenvalue weighted by Crippen LogP contribution is 2.38. The molecule has 3 aromatic carbocycles. The van der Waals surface area contributed by atoms with Crippen LogP contribution >= 0.6 is 11.6 Å². The third-order valence-corrected chi connectivity index (χ3v) is 5.98. The molecule has 0 amide bonds. The quantitative estimate of drug-likeness (QED) is 0.124. The second-order valence-electron chi connectivity index (χ2n) is 6.47. The van der Waals surface area contributed by atoms with E-state index < -0.39 is 10.0 Å². The summed E-state index contributed by atoms with van der Waals surface area (Å²) in [6.45, 7) is 0. The number of aromatic nitrogens is 1. The van der Waals surface area contributed by atoms with E-state index in [1.807, 2.05) is 48.5 Å². The van der Waals surface area contributed by atoms with Crippen molar-refractivity contribution in [1.29, 1.82) is 0 Å². The third kappa shape index (κ3) is 4.48. The number of nitrogens with one attached hydrogen (secondary N) is 2. The number of hydrogen-bond donors (Lipinski definition) is 3. The fourth-order valence-corrected chi connectivity index (χ4v) is 3.94. The molecule has 0 spiro atoms. The number of aromatic amines is 1. The van der Waals surface area contributed by atoms with E-state index in [1.165, 1.54) is 12.1 Å². The van der Waals surface area contributed by atoms with Gasteiger partial charge in [0.05, 0.1) is 16.3 Å². The summed E-state index contributed by atoms with van der Waals surface area (Å²) in [4.78, 5) is 3.40. The predicted molar refractivity (Wildman–Crippen MR) is 122 cm³/mol. The largest absolute Gasteiger partial charge is 0.353 e. The van der Waals surface area contributed by atoms with Gasteiger partial charge in [-0.1, -0.05) is 41.9 Å². The minimum absolute atomic E-state index is 0.0203. The Bertz CT molecular complexity index is 1380. The molecule has 0 bridgehead atoms. The molecule has 0 saturated heterocycles. The van der Waals surface area contributed by atoms with Gasteiger partial charge in [0.2, 0.25) is 0 Å². The van der Waals surface area contributed by atoms with Gasteiger partial charge in [0, 0.05) is 21.5 Å². The Morgan fingerprint density at radius 2 is 1.65 bits per heavy atom. The summed E-state index contributed by atoms with van der Waals surface area (Å²) in [5.41, 5.74) is 5.88. The number of hydrogen-bond acceptors (Lipinski definition) is 5. The Hall–Kier alpha value is -3.53. The molecule has 8 nitrogen and oxygen atoms in total. The average molecular weight is 453 g/mol. The van der Waals surface area contributed by atoms with Gasteiger partial charge in [-0.15, -0.1) is 9.51 Å². The Kier molecular flexibility index (Phi) is 5.81. The minimum Gasteiger partial charge on any atom is -0.353 e. The topological polar surface area (TPSA) is 125 Å².